The molecule has 0 aliphatic carbocycles. The predicted octanol–water partition coefficient (Wildman–Crippen LogP) is 2.99. The molecule has 0 radical (unpaired) electrons. The number of anilines is 1. The van der Waals surface area contributed by atoms with E-state index in [1.165, 1.54) is 0 Å². The van der Waals surface area contributed by atoms with Crippen LogP contribution in [0.3, 0.4) is 0 Å². The lowest BCUT2D eigenvalue weighted by Crippen LogP contribution is -2.13. The van der Waals surface area contributed by atoms with E-state index in [2.05, 4.69) is 10.3 Å². The molecule has 1 heterocycles. The summed E-state index contributed by atoms with van der Waals surface area (Å²) in [6, 6.07) is 7.19. The van der Waals surface area contributed by atoms with Gasteiger partial charge in [-0.2, -0.15) is 0 Å². The maximum Gasteiger partial charge on any atom is 0.354 e. The number of fused-ring (bicyclic) bond motifs is 1. The lowest BCUT2D eigenvalue weighted by molar-refractivity contribution is -0.116. The number of H-pyrrole nitrogens is 1. The Bertz CT molecular complexity index is 616. The molecule has 0 aliphatic rings. The maximum atomic E-state index is 11.8. The fourth-order valence-corrected chi connectivity index (χ4v) is 1.97. The van der Waals surface area contributed by atoms with Gasteiger partial charge in [-0.15, -0.1) is 0 Å². The summed E-state index contributed by atoms with van der Waals surface area (Å²) in [5.41, 5.74) is 1.07. The molecule has 3 N–H and O–H groups in total. The second-order valence-corrected chi connectivity index (χ2v) is 4.38. The van der Waals surface area contributed by atoms with Crippen molar-refractivity contribution in [2.45, 2.75) is 26.2 Å². The molecule has 19 heavy (non-hydrogen) atoms. The second-order valence-electron chi connectivity index (χ2n) is 4.38. The van der Waals surface area contributed by atoms with Gasteiger partial charge in [0.15, 0.2) is 0 Å². The summed E-state index contributed by atoms with van der Waals surface area (Å²) in [5, 5.41) is 12.6. The number of hydrogen-bond acceptors (Lipinski definition) is 2. The number of amides is 1. The van der Waals surface area contributed by atoms with E-state index in [0.717, 1.165) is 12.8 Å². The number of rotatable bonds is 5. The van der Waals surface area contributed by atoms with Gasteiger partial charge in [0.1, 0.15) is 5.69 Å². The minimum Gasteiger partial charge on any atom is -0.477 e. The number of aromatic carboxylic acids is 1. The first-order chi connectivity index (χ1) is 9.13. The molecule has 1 aromatic heterocycles. The zero-order valence-corrected chi connectivity index (χ0v) is 10.7. The number of aromatic amines is 1. The minimum atomic E-state index is -1.08. The largest absolute Gasteiger partial charge is 0.477 e. The van der Waals surface area contributed by atoms with Crippen LogP contribution in [0.2, 0.25) is 0 Å². The van der Waals surface area contributed by atoms with E-state index in [-0.39, 0.29) is 11.6 Å². The highest BCUT2D eigenvalue weighted by Gasteiger charge is 2.18. The lowest BCUT2D eigenvalue weighted by atomic mass is 10.2. The summed E-state index contributed by atoms with van der Waals surface area (Å²) in [4.78, 5) is 25.8. The molecule has 100 valence electrons. The topological polar surface area (TPSA) is 82.2 Å². The van der Waals surface area contributed by atoms with Crippen molar-refractivity contribution in [1.82, 2.24) is 4.98 Å². The SMILES string of the molecule is CCCCC(=O)Nc1c(C(=O)O)[nH]c2ccccc12. The highest BCUT2D eigenvalue weighted by Crippen LogP contribution is 2.27. The summed E-state index contributed by atoms with van der Waals surface area (Å²) in [5.74, 6) is -1.24. The van der Waals surface area contributed by atoms with Crippen LogP contribution in [0, 0.1) is 0 Å². The molecular weight excluding hydrogens is 244 g/mol. The molecule has 0 saturated heterocycles. The molecule has 1 amide bonds. The zero-order valence-electron chi connectivity index (χ0n) is 10.7. The second kappa shape index (κ2) is 5.56. The van der Waals surface area contributed by atoms with Crippen LogP contribution in [0.1, 0.15) is 36.7 Å². The van der Waals surface area contributed by atoms with Crippen LogP contribution in [0.5, 0.6) is 0 Å². The van der Waals surface area contributed by atoms with E-state index in [1.54, 1.807) is 12.1 Å². The molecule has 0 aliphatic heterocycles. The molecule has 0 spiro atoms. The van der Waals surface area contributed by atoms with E-state index in [9.17, 15) is 14.7 Å². The van der Waals surface area contributed by atoms with Crippen LogP contribution < -0.4 is 5.32 Å². The first-order valence-corrected chi connectivity index (χ1v) is 6.27. The summed E-state index contributed by atoms with van der Waals surface area (Å²) >= 11 is 0. The van der Waals surface area contributed by atoms with Gasteiger partial charge in [-0.05, 0) is 12.5 Å². The molecule has 5 nitrogen and oxygen atoms in total. The molecule has 2 rings (SSSR count). The summed E-state index contributed by atoms with van der Waals surface area (Å²) < 4.78 is 0. The number of carbonyl (C=O) groups is 2. The Morgan fingerprint density at radius 2 is 2.05 bits per heavy atom. The van der Waals surface area contributed by atoms with Crippen molar-refractivity contribution in [2.24, 2.45) is 0 Å². The number of benzene rings is 1. The average molecular weight is 260 g/mol. The van der Waals surface area contributed by atoms with Gasteiger partial charge in [-0.3, -0.25) is 4.79 Å². The summed E-state index contributed by atoms with van der Waals surface area (Å²) in [7, 11) is 0. The van der Waals surface area contributed by atoms with Crippen LogP contribution in [-0.2, 0) is 4.79 Å². The van der Waals surface area contributed by atoms with Crippen LogP contribution in [0.4, 0.5) is 5.69 Å². The lowest BCUT2D eigenvalue weighted by Gasteiger charge is -2.04. The normalized spacial score (nSPS) is 10.6. The summed E-state index contributed by atoms with van der Waals surface area (Å²) in [6.45, 7) is 2.00. The van der Waals surface area contributed by atoms with Crippen LogP contribution >= 0.6 is 0 Å². The third kappa shape index (κ3) is 2.76. The van der Waals surface area contributed by atoms with Crippen LogP contribution in [0.15, 0.2) is 24.3 Å². The van der Waals surface area contributed by atoms with Gasteiger partial charge in [0, 0.05) is 17.3 Å². The van der Waals surface area contributed by atoms with Crippen molar-refractivity contribution in [3.63, 3.8) is 0 Å². The third-order valence-corrected chi connectivity index (χ3v) is 2.94. The van der Waals surface area contributed by atoms with Crippen molar-refractivity contribution in [1.29, 1.82) is 0 Å². The van der Waals surface area contributed by atoms with Crippen LogP contribution in [0.25, 0.3) is 10.9 Å². The van der Waals surface area contributed by atoms with Crippen LogP contribution in [-0.4, -0.2) is 22.0 Å². The quantitative estimate of drug-likeness (QED) is 0.772. The Hall–Kier alpha value is -2.30. The number of carboxylic acid groups (broad SMARTS) is 1. The number of hydrogen-bond donors (Lipinski definition) is 3. The first-order valence-electron chi connectivity index (χ1n) is 6.27. The van der Waals surface area contributed by atoms with Crippen molar-refractivity contribution in [2.75, 3.05) is 5.32 Å². The van der Waals surface area contributed by atoms with Crippen molar-refractivity contribution >= 4 is 28.5 Å². The summed E-state index contributed by atoms with van der Waals surface area (Å²) in [6.07, 6.45) is 2.11. The van der Waals surface area contributed by atoms with Gasteiger partial charge >= 0.3 is 5.97 Å². The molecule has 0 atom stereocenters. The number of aromatic nitrogens is 1. The fraction of sp³-hybridized carbons (Fsp3) is 0.286. The minimum absolute atomic E-state index is 0.0195. The van der Waals surface area contributed by atoms with E-state index in [4.69, 9.17) is 0 Å². The number of nitrogens with one attached hydrogen (secondary N) is 2. The monoisotopic (exact) mass is 260 g/mol. The van der Waals surface area contributed by atoms with Gasteiger partial charge in [0.2, 0.25) is 5.91 Å². The van der Waals surface area contributed by atoms with E-state index in [0.29, 0.717) is 23.0 Å². The third-order valence-electron chi connectivity index (χ3n) is 2.94. The molecule has 0 saturated carbocycles. The molecular formula is C14H16N2O3. The Labute approximate surface area is 110 Å². The zero-order chi connectivity index (χ0) is 13.8. The first kappa shape index (κ1) is 13.1. The highest BCUT2D eigenvalue weighted by molar-refractivity contribution is 6.10. The Morgan fingerprint density at radius 3 is 2.74 bits per heavy atom. The molecule has 0 unspecified atom stereocenters. The standard InChI is InChI=1S/C14H16N2O3/c1-2-3-8-11(17)16-12-9-6-4-5-7-10(9)15-13(12)14(18)19/h4-7,15H,2-3,8H2,1H3,(H,16,17)(H,18,19). The Kier molecular flexibility index (Phi) is 3.85. The average Bonchev–Trinajstić information content (AvgIpc) is 2.76. The maximum absolute atomic E-state index is 11.8. The number of para-hydroxylation sites is 1. The van der Waals surface area contributed by atoms with Gasteiger partial charge in [0.05, 0.1) is 5.69 Å². The number of carbonyl (C=O) groups excluding carboxylic acids is 1. The van der Waals surface area contributed by atoms with Crippen molar-refractivity contribution in [3.05, 3.63) is 30.0 Å². The van der Waals surface area contributed by atoms with Gasteiger partial charge in [-0.1, -0.05) is 31.5 Å². The highest BCUT2D eigenvalue weighted by atomic mass is 16.4. The Morgan fingerprint density at radius 1 is 1.32 bits per heavy atom. The van der Waals surface area contributed by atoms with Gasteiger partial charge < -0.3 is 15.4 Å². The smallest absolute Gasteiger partial charge is 0.354 e. The molecule has 0 fully saturated rings. The number of carboxylic acids is 1. The predicted molar refractivity (Wildman–Crippen MR) is 73.4 cm³/mol. The van der Waals surface area contributed by atoms with Gasteiger partial charge in [0.25, 0.3) is 0 Å². The van der Waals surface area contributed by atoms with E-state index in [1.807, 2.05) is 19.1 Å². The van der Waals surface area contributed by atoms with E-state index < -0.39 is 5.97 Å². The van der Waals surface area contributed by atoms with Crippen molar-refractivity contribution in [3.8, 4) is 0 Å². The molecule has 0 bridgehead atoms. The molecule has 2 aromatic rings. The number of unbranched alkanes of at least 4 members (excludes halogenated alkanes) is 1. The van der Waals surface area contributed by atoms with E-state index >= 15 is 0 Å². The Balaban J connectivity index is 2.36. The molecule has 1 aromatic carbocycles. The van der Waals surface area contributed by atoms with Crippen molar-refractivity contribution < 1.29 is 14.7 Å². The fourth-order valence-electron chi connectivity index (χ4n) is 1.97. The molecule has 5 heteroatoms. The van der Waals surface area contributed by atoms with Gasteiger partial charge in [-0.25, -0.2) is 4.79 Å².